The first-order valence-electron chi connectivity index (χ1n) is 7.07. The van der Waals surface area contributed by atoms with Crippen molar-refractivity contribution in [3.63, 3.8) is 0 Å². The number of methoxy groups -OCH3 is 1. The highest BCUT2D eigenvalue weighted by molar-refractivity contribution is 5.59. The molecule has 3 rings (SSSR count). The van der Waals surface area contributed by atoms with Crippen molar-refractivity contribution < 1.29 is 4.74 Å². The SMILES string of the molecule is COc1cccc([C@@H](N)c2nc(-c3ccccc3C)n[nH]2)c1. The number of nitrogens with zero attached hydrogens (tertiary/aromatic N) is 2. The summed E-state index contributed by atoms with van der Waals surface area (Å²) in [6, 6.07) is 15.3. The highest BCUT2D eigenvalue weighted by Gasteiger charge is 2.16. The number of nitrogens with two attached hydrogens (primary N) is 1. The Bertz CT molecular complexity index is 782. The van der Waals surface area contributed by atoms with Gasteiger partial charge in [0, 0.05) is 5.56 Å². The third-order valence-corrected chi connectivity index (χ3v) is 3.64. The van der Waals surface area contributed by atoms with Gasteiger partial charge in [0.05, 0.1) is 13.2 Å². The van der Waals surface area contributed by atoms with E-state index in [9.17, 15) is 0 Å². The summed E-state index contributed by atoms with van der Waals surface area (Å²) in [5.41, 5.74) is 9.33. The van der Waals surface area contributed by atoms with E-state index in [0.29, 0.717) is 11.6 Å². The zero-order valence-corrected chi connectivity index (χ0v) is 12.6. The first kappa shape index (κ1) is 14.3. The number of H-pyrrole nitrogens is 1. The molecule has 1 heterocycles. The van der Waals surface area contributed by atoms with Crippen LogP contribution in [0.4, 0.5) is 0 Å². The highest BCUT2D eigenvalue weighted by atomic mass is 16.5. The molecule has 0 spiro atoms. The van der Waals surface area contributed by atoms with Crippen molar-refractivity contribution in [2.24, 2.45) is 5.73 Å². The van der Waals surface area contributed by atoms with E-state index in [1.54, 1.807) is 7.11 Å². The molecule has 0 amide bonds. The molecule has 0 aliphatic carbocycles. The molecule has 1 atom stereocenters. The lowest BCUT2D eigenvalue weighted by Crippen LogP contribution is -2.13. The first-order valence-corrected chi connectivity index (χ1v) is 7.07. The molecule has 112 valence electrons. The van der Waals surface area contributed by atoms with Crippen LogP contribution in [0.2, 0.25) is 0 Å². The maximum atomic E-state index is 6.28. The van der Waals surface area contributed by atoms with E-state index >= 15 is 0 Å². The van der Waals surface area contributed by atoms with Crippen LogP contribution in [0.1, 0.15) is 23.0 Å². The van der Waals surface area contributed by atoms with Gasteiger partial charge in [-0.05, 0) is 30.2 Å². The van der Waals surface area contributed by atoms with Gasteiger partial charge in [-0.25, -0.2) is 4.98 Å². The molecule has 0 bridgehead atoms. The number of ether oxygens (including phenoxy) is 1. The van der Waals surface area contributed by atoms with E-state index in [1.807, 2.05) is 55.5 Å². The molecule has 3 aromatic rings. The van der Waals surface area contributed by atoms with Crippen molar-refractivity contribution in [3.8, 4) is 17.1 Å². The van der Waals surface area contributed by atoms with Crippen LogP contribution >= 0.6 is 0 Å². The molecule has 0 unspecified atom stereocenters. The second-order valence-corrected chi connectivity index (χ2v) is 5.11. The summed E-state index contributed by atoms with van der Waals surface area (Å²) < 4.78 is 5.23. The zero-order chi connectivity index (χ0) is 15.5. The Morgan fingerprint density at radius 3 is 2.73 bits per heavy atom. The van der Waals surface area contributed by atoms with Crippen molar-refractivity contribution in [2.45, 2.75) is 13.0 Å². The molecule has 2 aromatic carbocycles. The molecular formula is C17H18N4O. The number of aromatic nitrogens is 3. The summed E-state index contributed by atoms with van der Waals surface area (Å²) in [7, 11) is 1.63. The van der Waals surface area contributed by atoms with Crippen LogP contribution in [0.5, 0.6) is 5.75 Å². The maximum absolute atomic E-state index is 6.28. The quantitative estimate of drug-likeness (QED) is 0.775. The minimum atomic E-state index is -0.375. The van der Waals surface area contributed by atoms with Crippen LogP contribution in [-0.2, 0) is 0 Å². The molecule has 0 radical (unpaired) electrons. The van der Waals surface area contributed by atoms with Crippen LogP contribution in [0.25, 0.3) is 11.4 Å². The van der Waals surface area contributed by atoms with Gasteiger partial charge in [0.2, 0.25) is 0 Å². The zero-order valence-electron chi connectivity index (χ0n) is 12.6. The molecule has 0 saturated carbocycles. The average Bonchev–Trinajstić information content (AvgIpc) is 3.04. The van der Waals surface area contributed by atoms with Crippen LogP contribution < -0.4 is 10.5 Å². The topological polar surface area (TPSA) is 76.8 Å². The van der Waals surface area contributed by atoms with Gasteiger partial charge in [-0.1, -0.05) is 36.4 Å². The Balaban J connectivity index is 1.91. The van der Waals surface area contributed by atoms with Crippen molar-refractivity contribution in [2.75, 3.05) is 7.11 Å². The number of benzene rings is 2. The third-order valence-electron chi connectivity index (χ3n) is 3.64. The van der Waals surface area contributed by atoms with E-state index in [-0.39, 0.29) is 6.04 Å². The van der Waals surface area contributed by atoms with Gasteiger partial charge >= 0.3 is 0 Å². The number of aryl methyl sites for hydroxylation is 1. The molecule has 0 aliphatic rings. The first-order chi connectivity index (χ1) is 10.7. The van der Waals surface area contributed by atoms with E-state index in [2.05, 4.69) is 15.2 Å². The number of hydrogen-bond acceptors (Lipinski definition) is 4. The molecule has 22 heavy (non-hydrogen) atoms. The van der Waals surface area contributed by atoms with Gasteiger partial charge < -0.3 is 10.5 Å². The van der Waals surface area contributed by atoms with Crippen molar-refractivity contribution in [1.29, 1.82) is 0 Å². The van der Waals surface area contributed by atoms with Crippen LogP contribution in [0.15, 0.2) is 48.5 Å². The largest absolute Gasteiger partial charge is 0.497 e. The summed E-state index contributed by atoms with van der Waals surface area (Å²) in [6.45, 7) is 2.04. The van der Waals surface area contributed by atoms with Gasteiger partial charge in [-0.3, -0.25) is 5.10 Å². The van der Waals surface area contributed by atoms with E-state index in [4.69, 9.17) is 10.5 Å². The third kappa shape index (κ3) is 2.71. The fourth-order valence-electron chi connectivity index (χ4n) is 2.35. The van der Waals surface area contributed by atoms with Crippen molar-refractivity contribution in [3.05, 3.63) is 65.5 Å². The number of hydrogen-bond donors (Lipinski definition) is 2. The molecule has 5 heteroatoms. The second-order valence-electron chi connectivity index (χ2n) is 5.11. The molecule has 3 N–H and O–H groups in total. The molecule has 0 fully saturated rings. The van der Waals surface area contributed by atoms with Gasteiger partial charge in [0.25, 0.3) is 0 Å². The summed E-state index contributed by atoms with van der Waals surface area (Å²) >= 11 is 0. The van der Waals surface area contributed by atoms with Crippen LogP contribution in [0.3, 0.4) is 0 Å². The van der Waals surface area contributed by atoms with Crippen molar-refractivity contribution in [1.82, 2.24) is 15.2 Å². The van der Waals surface area contributed by atoms with E-state index < -0.39 is 0 Å². The summed E-state index contributed by atoms with van der Waals surface area (Å²) in [5, 5.41) is 7.23. The van der Waals surface area contributed by atoms with Gasteiger partial charge in [0.15, 0.2) is 5.82 Å². The molecular weight excluding hydrogens is 276 g/mol. The number of nitrogens with one attached hydrogen (secondary N) is 1. The van der Waals surface area contributed by atoms with E-state index in [0.717, 1.165) is 22.4 Å². The predicted molar refractivity (Wildman–Crippen MR) is 85.6 cm³/mol. The lowest BCUT2D eigenvalue weighted by atomic mass is 10.1. The average molecular weight is 294 g/mol. The Kier molecular flexibility index (Phi) is 3.89. The normalized spacial score (nSPS) is 12.1. The lowest BCUT2D eigenvalue weighted by molar-refractivity contribution is 0.414. The predicted octanol–water partition coefficient (Wildman–Crippen LogP) is 2.84. The standard InChI is InChI=1S/C17H18N4O/c1-11-6-3-4-9-14(11)16-19-17(21-20-16)15(18)12-7-5-8-13(10-12)22-2/h3-10,15H,18H2,1-2H3,(H,19,20,21)/t15-/m1/s1. The van der Waals surface area contributed by atoms with Crippen molar-refractivity contribution >= 4 is 0 Å². The minimum Gasteiger partial charge on any atom is -0.497 e. The van der Waals surface area contributed by atoms with Gasteiger partial charge in [-0.2, -0.15) is 5.10 Å². The van der Waals surface area contributed by atoms with Crippen LogP contribution in [0, 0.1) is 6.92 Å². The summed E-state index contributed by atoms with van der Waals surface area (Å²) in [4.78, 5) is 4.54. The fourth-order valence-corrected chi connectivity index (χ4v) is 2.35. The molecule has 5 nitrogen and oxygen atoms in total. The molecule has 0 saturated heterocycles. The smallest absolute Gasteiger partial charge is 0.181 e. The Morgan fingerprint density at radius 1 is 1.14 bits per heavy atom. The lowest BCUT2D eigenvalue weighted by Gasteiger charge is -2.10. The van der Waals surface area contributed by atoms with E-state index in [1.165, 1.54) is 0 Å². The molecule has 0 aliphatic heterocycles. The number of rotatable bonds is 4. The fraction of sp³-hybridized carbons (Fsp3) is 0.176. The Hall–Kier alpha value is -2.66. The maximum Gasteiger partial charge on any atom is 0.181 e. The highest BCUT2D eigenvalue weighted by Crippen LogP contribution is 2.24. The molecule has 1 aromatic heterocycles. The van der Waals surface area contributed by atoms with Crippen LogP contribution in [-0.4, -0.2) is 22.3 Å². The second kappa shape index (κ2) is 5.99. The van der Waals surface area contributed by atoms with Gasteiger partial charge in [-0.15, -0.1) is 0 Å². The minimum absolute atomic E-state index is 0.375. The van der Waals surface area contributed by atoms with Gasteiger partial charge in [0.1, 0.15) is 11.6 Å². The monoisotopic (exact) mass is 294 g/mol. The summed E-state index contributed by atoms with van der Waals surface area (Å²) in [5.74, 6) is 2.06. The Labute approximate surface area is 129 Å². The number of aromatic amines is 1. The summed E-state index contributed by atoms with van der Waals surface area (Å²) in [6.07, 6.45) is 0. The Morgan fingerprint density at radius 2 is 1.95 bits per heavy atom.